The van der Waals surface area contributed by atoms with Crippen LogP contribution in [0.4, 0.5) is 4.39 Å². The van der Waals surface area contributed by atoms with Crippen molar-refractivity contribution in [3.05, 3.63) is 41.9 Å². The molecule has 0 saturated carbocycles. The normalized spacial score (nSPS) is 21.4. The molecule has 0 spiro atoms. The summed E-state index contributed by atoms with van der Waals surface area (Å²) < 4.78 is 38.9. The van der Waals surface area contributed by atoms with E-state index in [4.69, 9.17) is 23.7 Å². The van der Waals surface area contributed by atoms with Gasteiger partial charge in [0.1, 0.15) is 23.0 Å². The zero-order valence-corrected chi connectivity index (χ0v) is 70.2. The largest absolute Gasteiger partial charge is 0.388 e. The highest BCUT2D eigenvalue weighted by Gasteiger charge is 2.40. The van der Waals surface area contributed by atoms with Gasteiger partial charge in [0.25, 0.3) is 0 Å². The summed E-state index contributed by atoms with van der Waals surface area (Å²) in [5.41, 5.74) is 0.176. The number of methoxy groups -OCH3 is 2. The number of hydrogen-bond acceptors (Lipinski definition) is 19. The van der Waals surface area contributed by atoms with Gasteiger partial charge in [-0.15, -0.1) is 0 Å². The van der Waals surface area contributed by atoms with Gasteiger partial charge in [-0.1, -0.05) is 41.3 Å². The molecule has 0 bridgehead atoms. The fraction of sp³-hybridized carbons (Fsp3) is 0.776. The third-order valence-corrected chi connectivity index (χ3v) is 19.7. The predicted molar refractivity (Wildman–Crippen MR) is 444 cm³/mol. The Morgan fingerprint density at radius 3 is 1.41 bits per heavy atom. The molecule has 0 aromatic carbocycles. The minimum atomic E-state index is -1.12. The number of aromatic nitrogens is 1. The van der Waals surface area contributed by atoms with Crippen LogP contribution in [0.1, 0.15) is 260 Å². The monoisotopic (exact) mass is 1610 g/mol. The molecule has 113 heavy (non-hydrogen) atoms. The predicted octanol–water partition coefficient (Wildman–Crippen LogP) is 11.4. The van der Waals surface area contributed by atoms with E-state index in [1.807, 2.05) is 46.2 Å². The minimum absolute atomic E-state index is 0. The molecule has 8 amide bonds. The molecule has 5 unspecified atom stereocenters. The first-order valence-corrected chi connectivity index (χ1v) is 39.8. The lowest BCUT2D eigenvalue weighted by molar-refractivity contribution is -0.141. The van der Waals surface area contributed by atoms with E-state index >= 15 is 0 Å². The maximum Gasteiger partial charge on any atom is 0.219 e. The Bertz CT molecular complexity index is 2900. The molecule has 9 fully saturated rings. The average molecular weight is 1610 g/mol. The van der Waals surface area contributed by atoms with Crippen molar-refractivity contribution in [2.75, 3.05) is 126 Å². The molecule has 10 aliphatic rings. The third-order valence-electron chi connectivity index (χ3n) is 19.7. The zero-order chi connectivity index (χ0) is 82.8. The summed E-state index contributed by atoms with van der Waals surface area (Å²) in [6, 6.07) is 5.92. The van der Waals surface area contributed by atoms with Gasteiger partial charge in [0.2, 0.25) is 47.3 Å². The first-order chi connectivity index (χ1) is 51.9. The van der Waals surface area contributed by atoms with E-state index in [1.54, 1.807) is 97.4 Å². The minimum Gasteiger partial charge on any atom is -0.388 e. The Morgan fingerprint density at radius 1 is 0.566 bits per heavy atom. The zero-order valence-electron chi connectivity index (χ0n) is 70.2. The molecular formula is C85H153FN10O17. The molecule has 1 aromatic heterocycles. The van der Waals surface area contributed by atoms with Gasteiger partial charge in [0.05, 0.1) is 68.0 Å². The van der Waals surface area contributed by atoms with Crippen molar-refractivity contribution in [1.29, 1.82) is 0 Å². The summed E-state index contributed by atoms with van der Waals surface area (Å²) in [6.45, 7) is 35.6. The standard InChI is InChI=1S/C9H16O2.C8H10N2O.2C8H15NO2.C8H11NO.C8H14O2.C7H13NO2.2C7H13NO.C6H10FNO.C6H11NO2.3CH4/c1-8(10)5-6-9-4-2-3-7-11-9;1-7(11)10-6-8-4-2-3-5-9-8;1-7(10)9-5-3-8(11-2)4-6-9;1-7(10)9(2)8-4-3-5-11-6-8;1-7(10)4-5-8-3-2-6-9-8;1-7(9)4-5-8-3-2-6-10-8;1-6(9)8-4-3-7(2,10)5-8;1-6-3-4-8(5-6)7(2)9;1-7(9)8-5-3-2-4-6-8;1-5(9)8-3-6(2,7)4-8;1-5(8)7-3-6(4-7)9-2;;;/h9H,2-7H2,1H3;2-5H,6H2,1H3,(H,10,11);2*8H,3-6H2,1-2H3;3,6H,2,4-5H2,1H3;8H,2-6H2,1H3;10H,3-5H2,1-2H3;6H,3-5H2,1-2H3;2-6H2,1H3;3-4H2,1-2H3;6H,3-4H2,1-2H3;3*1H4. The number of alkyl halides is 1. The number of ether oxygens (including phenoxy) is 5. The number of carbonyl (C=O) groups excluding carboxylic acids is 11. The number of aliphatic hydroxyl groups is 1. The first kappa shape index (κ1) is 110. The Morgan fingerprint density at radius 2 is 1.07 bits per heavy atom. The van der Waals surface area contributed by atoms with E-state index < -0.39 is 11.3 Å². The van der Waals surface area contributed by atoms with Crippen LogP contribution in [0.2, 0.25) is 0 Å². The molecule has 652 valence electrons. The number of ketones is 3. The summed E-state index contributed by atoms with van der Waals surface area (Å²) >= 11 is 0. The lowest BCUT2D eigenvalue weighted by atomic mass is 9.99. The van der Waals surface area contributed by atoms with Crippen molar-refractivity contribution in [3.63, 3.8) is 0 Å². The maximum atomic E-state index is 12.6. The molecule has 11 heterocycles. The van der Waals surface area contributed by atoms with Gasteiger partial charge in [0.15, 0.2) is 0 Å². The number of halogens is 1. The maximum absolute atomic E-state index is 12.6. The molecule has 0 radical (unpaired) electrons. The number of nitrogens with one attached hydrogen (secondary N) is 1. The summed E-state index contributed by atoms with van der Waals surface area (Å²) in [5, 5.41) is 12.1. The van der Waals surface area contributed by atoms with E-state index in [2.05, 4.69) is 28.3 Å². The quantitative estimate of drug-likeness (QED) is 0.175. The Hall–Kier alpha value is -6.98. The number of nitrogens with zero attached hydrogens (tertiary/aromatic N) is 9. The number of Topliss-reactive ketones (excluding diaryl/α,β-unsaturated/α-hetero) is 3. The smallest absolute Gasteiger partial charge is 0.219 e. The van der Waals surface area contributed by atoms with E-state index in [9.17, 15) is 62.2 Å². The van der Waals surface area contributed by atoms with Crippen LogP contribution in [0.25, 0.3) is 0 Å². The molecule has 28 heteroatoms. The van der Waals surface area contributed by atoms with Crippen LogP contribution in [0.5, 0.6) is 0 Å². The number of aliphatic imine (C=N–C) groups is 1. The van der Waals surface area contributed by atoms with Crippen LogP contribution in [0.3, 0.4) is 0 Å². The van der Waals surface area contributed by atoms with E-state index in [0.717, 1.165) is 148 Å². The highest BCUT2D eigenvalue weighted by Crippen LogP contribution is 2.25. The fourth-order valence-electron chi connectivity index (χ4n) is 12.4. The van der Waals surface area contributed by atoms with Gasteiger partial charge in [-0.25, -0.2) is 4.39 Å². The number of piperidine rings is 2. The van der Waals surface area contributed by atoms with Gasteiger partial charge in [-0.3, -0.25) is 48.3 Å². The summed E-state index contributed by atoms with van der Waals surface area (Å²) in [7, 11) is 5.23. The molecule has 11 rings (SSSR count). The number of pyridine rings is 1. The second-order valence-electron chi connectivity index (χ2n) is 30.4. The molecule has 5 atom stereocenters. The Labute approximate surface area is 679 Å². The molecule has 9 saturated heterocycles. The lowest BCUT2D eigenvalue weighted by Gasteiger charge is -2.41. The number of β-amino-alcohol motifs (C(OH)–C–C–N with tert-alkyl or cyclic N) is 1. The Kier molecular flexibility index (Phi) is 60.8. The van der Waals surface area contributed by atoms with Gasteiger partial charge < -0.3 is 82.8 Å². The number of amides is 8. The topological polar surface area (TPSA) is 314 Å². The summed E-state index contributed by atoms with van der Waals surface area (Å²) in [5.74, 6) is 2.39. The van der Waals surface area contributed by atoms with Crippen LogP contribution in [-0.4, -0.2) is 283 Å². The van der Waals surface area contributed by atoms with E-state index in [1.165, 1.54) is 77.5 Å². The van der Waals surface area contributed by atoms with Crippen molar-refractivity contribution in [3.8, 4) is 0 Å². The molecular weight excluding hydrogens is 1450 g/mol. The van der Waals surface area contributed by atoms with Crippen molar-refractivity contribution < 1.29 is 85.9 Å². The van der Waals surface area contributed by atoms with Crippen LogP contribution in [0.15, 0.2) is 41.2 Å². The van der Waals surface area contributed by atoms with Crippen LogP contribution < -0.4 is 5.32 Å². The molecule has 2 N–H and O–H groups in total. The van der Waals surface area contributed by atoms with Crippen LogP contribution in [-0.2, 0) is 83.0 Å². The highest BCUT2D eigenvalue weighted by atomic mass is 19.1. The fourth-order valence-corrected chi connectivity index (χ4v) is 12.4. The van der Waals surface area contributed by atoms with Crippen molar-refractivity contribution in [1.82, 2.24) is 44.6 Å². The van der Waals surface area contributed by atoms with Gasteiger partial charge in [-0.05, 0) is 162 Å². The van der Waals surface area contributed by atoms with Crippen LogP contribution in [0, 0.1) is 5.92 Å². The molecule has 27 nitrogen and oxygen atoms in total. The number of rotatable bonds is 14. The van der Waals surface area contributed by atoms with Gasteiger partial charge in [0, 0.05) is 206 Å². The second kappa shape index (κ2) is 62.3. The van der Waals surface area contributed by atoms with Crippen molar-refractivity contribution in [2.45, 2.75) is 302 Å². The average Bonchev–Trinajstić information content (AvgIpc) is 1.63. The summed E-state index contributed by atoms with van der Waals surface area (Å²) in [6.07, 6.45) is 28.2. The van der Waals surface area contributed by atoms with E-state index in [0.29, 0.717) is 82.2 Å². The number of hydrogen-bond donors (Lipinski definition) is 2. The molecule has 10 aliphatic heterocycles. The summed E-state index contributed by atoms with van der Waals surface area (Å²) in [4.78, 5) is 138. The van der Waals surface area contributed by atoms with Crippen molar-refractivity contribution >= 4 is 70.8 Å². The van der Waals surface area contributed by atoms with Crippen molar-refractivity contribution in [2.24, 2.45) is 10.9 Å². The first-order valence-electron chi connectivity index (χ1n) is 39.8. The van der Waals surface area contributed by atoms with Crippen LogP contribution >= 0.6 is 0 Å². The molecule has 1 aromatic rings. The number of carbonyl (C=O) groups is 11. The second-order valence-corrected chi connectivity index (χ2v) is 30.4. The van der Waals surface area contributed by atoms with Gasteiger partial charge in [-0.2, -0.15) is 0 Å². The van der Waals surface area contributed by atoms with E-state index in [-0.39, 0.29) is 106 Å². The number of allylic oxidation sites excluding steroid dienone is 2. The third kappa shape index (κ3) is 54.5. The SMILES string of the molecule is C.C.C.CC(=O)CCC1=CCC=N1.CC(=O)CCC1CCCCO1.CC(=O)CCC1CCCO1.CC(=O)N(C)C1CCCOC1.CC(=O)N1CC(C)(F)C1.CC(=O)N1CCC(C)(O)C1.CC(=O)N1CCC(C)C1.CC(=O)N1CCCCC1.CC(=O)NCc1ccccn1.COC1CCN(C(C)=O)CC1.COC1CN(C(C)=O)C1. The number of likely N-dealkylation sites (N-methyl/N-ethyl adjacent to an activating group) is 1. The lowest BCUT2D eigenvalue weighted by Crippen LogP contribution is -2.58. The highest BCUT2D eigenvalue weighted by molar-refractivity contribution is 5.78. The van der Waals surface area contributed by atoms with Gasteiger partial charge >= 0.3 is 0 Å². The molecule has 0 aliphatic carbocycles. The number of likely N-dealkylation sites (tertiary alicyclic amines) is 6. The Balaban J connectivity index is -0.00000118.